The summed E-state index contributed by atoms with van der Waals surface area (Å²) in [5.74, 6) is 0.0992. The van der Waals surface area contributed by atoms with Crippen LogP contribution in [-0.4, -0.2) is 285 Å². The summed E-state index contributed by atoms with van der Waals surface area (Å²) in [6.07, 6.45) is -33.1. The van der Waals surface area contributed by atoms with E-state index >= 15 is 0 Å². The monoisotopic (exact) mass is 1240 g/mol. The third kappa shape index (κ3) is 12.5. The number of aliphatic hydroxyl groups is 17. The standard InChI is InChI=1S/C59H100O27/c1-24(26-15-16-57(6)34-12-10-27-28(59(34,8)35(65)18-58(26,57)7)11-14-36(55(27,2)3)83-51-44(72)41(69)38(66)30(19-60)79-51)9-13-37(56(4,5)76)84-54-49(86-53-46(74)43(71)40(68)32(21-62)81-53)47(75)48(85-52-45(73)42(70)39(67)31(20-61)80-52)33(82-54)23-78-50-29(64)17-25(63)22-77-50/h10,24-26,28-54,60-76H,9,11-23H2,1-8H3/t24-,25+,26?,28?,29-,30-,31-,32+,33?,34?,35-,36+,37-,38-,39-,40+,41+,42+,43-,44-,45-,46+,47+,48-,49-,50-,51+,52-,53-,54+,57+,58-,59+/m1/s1. The van der Waals surface area contributed by atoms with E-state index < -0.39 is 202 Å². The van der Waals surface area contributed by atoms with Gasteiger partial charge < -0.3 is 134 Å². The second kappa shape index (κ2) is 26.6. The molecule has 4 aliphatic carbocycles. The Kier molecular flexibility index (Phi) is 21.3. The Bertz CT molecular complexity index is 2260. The molecule has 17 N–H and O–H groups in total. The average Bonchev–Trinajstić information content (AvgIpc) is 1.29. The van der Waals surface area contributed by atoms with Crippen molar-refractivity contribution in [3.63, 3.8) is 0 Å². The molecular formula is C59H100O27. The fourth-order valence-corrected chi connectivity index (χ4v) is 16.8. The van der Waals surface area contributed by atoms with Gasteiger partial charge in [0.15, 0.2) is 31.5 Å². The van der Waals surface area contributed by atoms with E-state index in [1.54, 1.807) is 0 Å². The van der Waals surface area contributed by atoms with Crippen LogP contribution in [0.25, 0.3) is 0 Å². The van der Waals surface area contributed by atoms with Crippen molar-refractivity contribution in [3.8, 4) is 0 Å². The van der Waals surface area contributed by atoms with Crippen LogP contribution in [0, 0.1) is 45.3 Å². The maximum absolute atomic E-state index is 12.8. The number of hydrogen-bond acceptors (Lipinski definition) is 27. The fourth-order valence-electron chi connectivity index (χ4n) is 16.8. The van der Waals surface area contributed by atoms with E-state index in [9.17, 15) is 86.8 Å². The molecular weight excluding hydrogens is 1140 g/mol. The largest absolute Gasteiger partial charge is 0.394 e. The van der Waals surface area contributed by atoms with Crippen molar-refractivity contribution in [1.82, 2.24) is 0 Å². The van der Waals surface area contributed by atoms with Gasteiger partial charge in [0.25, 0.3) is 0 Å². The minimum atomic E-state index is -2.02. The highest BCUT2D eigenvalue weighted by Crippen LogP contribution is 2.75. The molecule has 9 aliphatic rings. The molecule has 0 bridgehead atoms. The third-order valence-corrected chi connectivity index (χ3v) is 22.3. The van der Waals surface area contributed by atoms with Gasteiger partial charge in [-0.15, -0.1) is 0 Å². The van der Waals surface area contributed by atoms with Gasteiger partial charge in [-0.05, 0) is 99.7 Å². The first-order valence-electron chi connectivity index (χ1n) is 30.9. The van der Waals surface area contributed by atoms with E-state index in [0.29, 0.717) is 32.1 Å². The molecule has 3 saturated carbocycles. The maximum atomic E-state index is 12.8. The molecule has 9 rings (SSSR count). The fraction of sp³-hybridized carbons (Fsp3) is 0.966. The quantitative estimate of drug-likeness (QED) is 0.0553. The molecule has 5 aliphatic heterocycles. The topological polar surface area (TPSA) is 436 Å². The molecule has 8 fully saturated rings. The number of ether oxygens (including phenoxy) is 10. The highest BCUT2D eigenvalue weighted by atomic mass is 16.8. The molecule has 4 unspecified atom stereocenters. The van der Waals surface area contributed by atoms with Crippen LogP contribution in [0.4, 0.5) is 0 Å². The van der Waals surface area contributed by atoms with E-state index in [1.165, 1.54) is 13.8 Å². The third-order valence-electron chi connectivity index (χ3n) is 22.3. The Morgan fingerprint density at radius 3 is 1.64 bits per heavy atom. The van der Waals surface area contributed by atoms with Crippen molar-refractivity contribution >= 4 is 0 Å². The summed E-state index contributed by atoms with van der Waals surface area (Å²) in [6, 6.07) is 0. The molecule has 33 atom stereocenters. The molecule has 0 radical (unpaired) electrons. The van der Waals surface area contributed by atoms with Gasteiger partial charge in [-0.25, -0.2) is 0 Å². The van der Waals surface area contributed by atoms with Crippen molar-refractivity contribution in [2.75, 3.05) is 33.0 Å². The van der Waals surface area contributed by atoms with Gasteiger partial charge in [-0.2, -0.15) is 0 Å². The van der Waals surface area contributed by atoms with Gasteiger partial charge >= 0.3 is 0 Å². The molecule has 5 saturated heterocycles. The van der Waals surface area contributed by atoms with Crippen LogP contribution in [0.2, 0.25) is 0 Å². The van der Waals surface area contributed by atoms with E-state index in [1.807, 2.05) is 0 Å². The van der Waals surface area contributed by atoms with Crippen LogP contribution < -0.4 is 0 Å². The SMILES string of the molecule is C[C@H](CC[C@@H](O[C@@H]1OC(CO[C@H]2OC[C@@H](O)C[C@H]2O)[C@@H](O[C@H]2O[C@H](CO)[C@@H](O)[C@H](O)[C@H]2O)[C@H](O)[C@H]1O[C@H]1O[C@@H](CO)[C@H](O)[C@@H](O)[C@@H]1O)C(C)(C)O)C1CC[C@@]2(C)C3CC=C4C(CC[C@H](O[C@@H]5O[C@H](CO)[C@@H](O)[C@H](O)[C@H]5O)C4(C)C)[C@]3(C)[C@H](O)C[C@]12C. The molecule has 86 heavy (non-hydrogen) atoms. The average molecular weight is 1240 g/mol. The Balaban J connectivity index is 0.954. The zero-order valence-corrected chi connectivity index (χ0v) is 50.5. The first-order valence-corrected chi connectivity index (χ1v) is 30.9. The molecule has 0 aromatic heterocycles. The Labute approximate surface area is 501 Å². The van der Waals surface area contributed by atoms with Crippen LogP contribution in [0.5, 0.6) is 0 Å². The van der Waals surface area contributed by atoms with Crippen LogP contribution in [-0.2, 0) is 47.4 Å². The van der Waals surface area contributed by atoms with Crippen molar-refractivity contribution in [1.29, 1.82) is 0 Å². The van der Waals surface area contributed by atoms with Crippen molar-refractivity contribution < 1.29 is 134 Å². The first kappa shape index (κ1) is 69.0. The summed E-state index contributed by atoms with van der Waals surface area (Å²) in [5.41, 5.74) is -2.25. The zero-order chi connectivity index (χ0) is 63.1. The predicted molar refractivity (Wildman–Crippen MR) is 293 cm³/mol. The van der Waals surface area contributed by atoms with Crippen LogP contribution >= 0.6 is 0 Å². The van der Waals surface area contributed by atoms with E-state index in [4.69, 9.17) is 47.4 Å². The minimum absolute atomic E-state index is 0.0144. The summed E-state index contributed by atoms with van der Waals surface area (Å²) >= 11 is 0. The van der Waals surface area contributed by atoms with Crippen molar-refractivity contribution in [3.05, 3.63) is 11.6 Å². The highest BCUT2D eigenvalue weighted by Gasteiger charge is 2.70. The number of rotatable bonds is 19. The van der Waals surface area contributed by atoms with Gasteiger partial charge in [-0.1, -0.05) is 53.2 Å². The van der Waals surface area contributed by atoms with E-state index in [0.717, 1.165) is 18.4 Å². The molecule has 0 amide bonds. The summed E-state index contributed by atoms with van der Waals surface area (Å²) in [5, 5.41) is 185. The normalized spacial score (nSPS) is 51.4. The Hall–Kier alpha value is -1.34. The minimum Gasteiger partial charge on any atom is -0.394 e. The molecule has 27 heteroatoms. The summed E-state index contributed by atoms with van der Waals surface area (Å²) in [6.45, 7) is 13.2. The lowest BCUT2D eigenvalue weighted by atomic mass is 9.38. The lowest BCUT2D eigenvalue weighted by Crippen LogP contribution is -2.67. The molecule has 27 nitrogen and oxygen atoms in total. The van der Waals surface area contributed by atoms with Crippen LogP contribution in [0.3, 0.4) is 0 Å². The molecule has 5 heterocycles. The second-order valence-corrected chi connectivity index (χ2v) is 28.1. The number of fused-ring (bicyclic) bond motifs is 5. The molecule has 0 spiro atoms. The lowest BCUT2D eigenvalue weighted by Gasteiger charge is -2.67. The highest BCUT2D eigenvalue weighted by molar-refractivity contribution is 5.32. The van der Waals surface area contributed by atoms with Crippen LogP contribution in [0.1, 0.15) is 113 Å². The van der Waals surface area contributed by atoms with Crippen LogP contribution in [0.15, 0.2) is 11.6 Å². The number of aliphatic hydroxyl groups excluding tert-OH is 16. The van der Waals surface area contributed by atoms with Gasteiger partial charge in [0, 0.05) is 17.3 Å². The summed E-state index contributed by atoms with van der Waals surface area (Å²) in [4.78, 5) is 0. The van der Waals surface area contributed by atoms with Gasteiger partial charge in [-0.3, -0.25) is 0 Å². The number of hydrogen-bond donors (Lipinski definition) is 17. The summed E-state index contributed by atoms with van der Waals surface area (Å²) < 4.78 is 60.8. The van der Waals surface area contributed by atoms with Crippen molar-refractivity contribution in [2.24, 2.45) is 45.3 Å². The van der Waals surface area contributed by atoms with Crippen molar-refractivity contribution in [2.45, 2.75) is 278 Å². The Morgan fingerprint density at radius 1 is 0.593 bits per heavy atom. The number of allylic oxidation sites excluding steroid dienone is 1. The first-order chi connectivity index (χ1) is 40.3. The lowest BCUT2D eigenvalue weighted by molar-refractivity contribution is -0.396. The zero-order valence-electron chi connectivity index (χ0n) is 50.5. The smallest absolute Gasteiger partial charge is 0.187 e. The van der Waals surface area contributed by atoms with E-state index in [2.05, 4.69) is 47.6 Å². The molecule has 498 valence electrons. The Morgan fingerprint density at radius 2 is 1.12 bits per heavy atom. The molecule has 0 aromatic rings. The van der Waals surface area contributed by atoms with Gasteiger partial charge in [0.1, 0.15) is 104 Å². The molecule has 0 aromatic carbocycles. The summed E-state index contributed by atoms with van der Waals surface area (Å²) in [7, 11) is 0. The maximum Gasteiger partial charge on any atom is 0.187 e. The predicted octanol–water partition coefficient (Wildman–Crippen LogP) is -3.74. The second-order valence-electron chi connectivity index (χ2n) is 28.1. The van der Waals surface area contributed by atoms with Gasteiger partial charge in [0.05, 0.1) is 63.1 Å². The van der Waals surface area contributed by atoms with Gasteiger partial charge in [0.2, 0.25) is 0 Å². The van der Waals surface area contributed by atoms with E-state index in [-0.39, 0.29) is 54.0 Å².